The molecule has 0 aliphatic carbocycles. The van der Waals surface area contributed by atoms with Crippen molar-refractivity contribution in [3.63, 3.8) is 0 Å². The molecule has 1 aromatic heterocycles. The van der Waals surface area contributed by atoms with Crippen LogP contribution in [0.5, 0.6) is 0 Å². The van der Waals surface area contributed by atoms with E-state index in [0.717, 1.165) is 11.0 Å². The number of nitrogens with two attached hydrogens (primary N) is 1. The van der Waals surface area contributed by atoms with E-state index in [9.17, 15) is 0 Å². The Kier molecular flexibility index (Phi) is 5.43. The molecule has 2 N–H and O–H groups in total. The lowest BCUT2D eigenvalue weighted by Gasteiger charge is -2.34. The molecule has 0 saturated carbocycles. The van der Waals surface area contributed by atoms with Crippen LogP contribution in [0.1, 0.15) is 30.7 Å². The Morgan fingerprint density at radius 2 is 2.37 bits per heavy atom. The van der Waals surface area contributed by atoms with Crippen molar-refractivity contribution in [2.75, 3.05) is 27.2 Å². The third-order valence-corrected chi connectivity index (χ3v) is 5.79. The molecule has 1 fully saturated rings. The molecular formula is C14H24BrN3S. The molecule has 0 amide bonds. The summed E-state index contributed by atoms with van der Waals surface area (Å²) >= 11 is 5.33. The molecule has 2 rings (SSSR count). The minimum Gasteiger partial charge on any atom is -0.326 e. The van der Waals surface area contributed by atoms with Gasteiger partial charge >= 0.3 is 0 Å². The second-order valence-electron chi connectivity index (χ2n) is 5.69. The number of thiophene rings is 1. The highest BCUT2D eigenvalue weighted by Crippen LogP contribution is 2.31. The molecule has 19 heavy (non-hydrogen) atoms. The zero-order valence-corrected chi connectivity index (χ0v) is 14.4. The second-order valence-corrected chi connectivity index (χ2v) is 7.55. The summed E-state index contributed by atoms with van der Waals surface area (Å²) in [6.45, 7) is 4.43. The van der Waals surface area contributed by atoms with Gasteiger partial charge in [-0.05, 0) is 62.4 Å². The molecule has 2 heterocycles. The summed E-state index contributed by atoms with van der Waals surface area (Å²) in [6.07, 6.45) is 2.63. The number of rotatable bonds is 5. The minimum atomic E-state index is 0.141. The Bertz CT molecular complexity index is 407. The third kappa shape index (κ3) is 3.79. The standard InChI is InChI=1S/C14H24BrN3S/c1-10(16)14(13-7-11(15)9-19-13)18(3)8-12-5-4-6-17(12)2/h7,9-10,12,14H,4-6,8,16H2,1-3H3. The smallest absolute Gasteiger partial charge is 0.0589 e. The second kappa shape index (κ2) is 6.68. The molecule has 3 unspecified atom stereocenters. The van der Waals surface area contributed by atoms with E-state index in [1.54, 1.807) is 11.3 Å². The van der Waals surface area contributed by atoms with Crippen LogP contribution in [-0.4, -0.2) is 49.1 Å². The zero-order valence-electron chi connectivity index (χ0n) is 12.0. The molecule has 108 valence electrons. The maximum Gasteiger partial charge on any atom is 0.0589 e. The van der Waals surface area contributed by atoms with Gasteiger partial charge < -0.3 is 10.6 Å². The van der Waals surface area contributed by atoms with E-state index in [-0.39, 0.29) is 6.04 Å². The van der Waals surface area contributed by atoms with Crippen LogP contribution in [0, 0.1) is 0 Å². The Morgan fingerprint density at radius 3 is 2.84 bits per heavy atom. The highest BCUT2D eigenvalue weighted by molar-refractivity contribution is 9.10. The van der Waals surface area contributed by atoms with E-state index in [1.807, 2.05) is 0 Å². The van der Waals surface area contributed by atoms with Gasteiger partial charge in [0.2, 0.25) is 0 Å². The van der Waals surface area contributed by atoms with Gasteiger partial charge in [0.1, 0.15) is 0 Å². The SMILES string of the molecule is CC(N)C(c1cc(Br)cs1)N(C)CC1CCCN1C. The third-order valence-electron chi connectivity index (χ3n) is 4.02. The molecule has 3 atom stereocenters. The van der Waals surface area contributed by atoms with E-state index in [4.69, 9.17) is 5.73 Å². The van der Waals surface area contributed by atoms with Gasteiger partial charge in [0.15, 0.2) is 0 Å². The molecule has 5 heteroatoms. The monoisotopic (exact) mass is 345 g/mol. The fourth-order valence-corrected chi connectivity index (χ4v) is 4.74. The van der Waals surface area contributed by atoms with Gasteiger partial charge in [-0.2, -0.15) is 0 Å². The van der Waals surface area contributed by atoms with Gasteiger partial charge in [0.05, 0.1) is 6.04 Å². The van der Waals surface area contributed by atoms with Crippen LogP contribution >= 0.6 is 27.3 Å². The lowest BCUT2D eigenvalue weighted by atomic mass is 10.1. The van der Waals surface area contributed by atoms with Crippen molar-refractivity contribution in [1.29, 1.82) is 0 Å². The predicted octanol–water partition coefficient (Wildman–Crippen LogP) is 2.92. The maximum absolute atomic E-state index is 6.22. The summed E-state index contributed by atoms with van der Waals surface area (Å²) in [5.41, 5.74) is 6.22. The van der Waals surface area contributed by atoms with E-state index in [0.29, 0.717) is 12.1 Å². The summed E-state index contributed by atoms with van der Waals surface area (Å²) in [5, 5.41) is 2.14. The van der Waals surface area contributed by atoms with Crippen molar-refractivity contribution in [1.82, 2.24) is 9.80 Å². The first-order chi connectivity index (χ1) is 8.99. The fourth-order valence-electron chi connectivity index (χ4n) is 3.02. The Balaban J connectivity index is 2.06. The summed E-state index contributed by atoms with van der Waals surface area (Å²) in [4.78, 5) is 6.25. The Labute approximate surface area is 128 Å². The molecule has 0 radical (unpaired) electrons. The molecule has 0 spiro atoms. The largest absolute Gasteiger partial charge is 0.326 e. The topological polar surface area (TPSA) is 32.5 Å². The van der Waals surface area contributed by atoms with Crippen molar-refractivity contribution in [2.24, 2.45) is 5.73 Å². The van der Waals surface area contributed by atoms with Crippen LogP contribution < -0.4 is 5.73 Å². The van der Waals surface area contributed by atoms with Crippen LogP contribution in [-0.2, 0) is 0 Å². The number of likely N-dealkylation sites (N-methyl/N-ethyl adjacent to an activating group) is 2. The van der Waals surface area contributed by atoms with Gasteiger partial charge in [-0.1, -0.05) is 0 Å². The van der Waals surface area contributed by atoms with Crippen molar-refractivity contribution in [3.05, 3.63) is 20.8 Å². The molecular weight excluding hydrogens is 322 g/mol. The van der Waals surface area contributed by atoms with Crippen LogP contribution in [0.2, 0.25) is 0 Å². The zero-order chi connectivity index (χ0) is 14.0. The maximum atomic E-state index is 6.22. The highest BCUT2D eigenvalue weighted by atomic mass is 79.9. The first kappa shape index (κ1) is 15.4. The number of hydrogen-bond donors (Lipinski definition) is 1. The summed E-state index contributed by atoms with van der Waals surface area (Å²) < 4.78 is 1.16. The van der Waals surface area contributed by atoms with Gasteiger partial charge in [0.25, 0.3) is 0 Å². The number of halogens is 1. The first-order valence-electron chi connectivity index (χ1n) is 6.89. The molecule has 3 nitrogen and oxygen atoms in total. The number of hydrogen-bond acceptors (Lipinski definition) is 4. The van der Waals surface area contributed by atoms with Crippen molar-refractivity contribution >= 4 is 27.3 Å². The van der Waals surface area contributed by atoms with E-state index in [1.165, 1.54) is 24.3 Å². The highest BCUT2D eigenvalue weighted by Gasteiger charge is 2.28. The van der Waals surface area contributed by atoms with Crippen LogP contribution in [0.25, 0.3) is 0 Å². The normalized spacial score (nSPS) is 24.0. The van der Waals surface area contributed by atoms with Crippen molar-refractivity contribution in [3.8, 4) is 0 Å². The van der Waals surface area contributed by atoms with Crippen LogP contribution in [0.4, 0.5) is 0 Å². The van der Waals surface area contributed by atoms with Crippen LogP contribution in [0.15, 0.2) is 15.9 Å². The van der Waals surface area contributed by atoms with Gasteiger partial charge in [-0.3, -0.25) is 4.90 Å². The summed E-state index contributed by atoms with van der Waals surface area (Å²) in [6, 6.07) is 3.33. The molecule has 0 aromatic carbocycles. The number of likely N-dealkylation sites (tertiary alicyclic amines) is 1. The molecule has 1 aromatic rings. The summed E-state index contributed by atoms with van der Waals surface area (Å²) in [5.74, 6) is 0. The van der Waals surface area contributed by atoms with Crippen molar-refractivity contribution in [2.45, 2.75) is 37.9 Å². The molecule has 1 aliphatic heterocycles. The van der Waals surface area contributed by atoms with Gasteiger partial charge in [-0.15, -0.1) is 11.3 Å². The minimum absolute atomic E-state index is 0.141. The Morgan fingerprint density at radius 1 is 1.63 bits per heavy atom. The van der Waals surface area contributed by atoms with E-state index < -0.39 is 0 Å². The molecule has 1 saturated heterocycles. The van der Waals surface area contributed by atoms with Gasteiger partial charge in [0, 0.05) is 33.4 Å². The van der Waals surface area contributed by atoms with E-state index >= 15 is 0 Å². The molecule has 0 bridgehead atoms. The number of nitrogens with zero attached hydrogens (tertiary/aromatic N) is 2. The molecule has 1 aliphatic rings. The lowest BCUT2D eigenvalue weighted by molar-refractivity contribution is 0.165. The summed E-state index contributed by atoms with van der Waals surface area (Å²) in [7, 11) is 4.43. The van der Waals surface area contributed by atoms with Crippen molar-refractivity contribution < 1.29 is 0 Å². The van der Waals surface area contributed by atoms with Crippen LogP contribution in [0.3, 0.4) is 0 Å². The quantitative estimate of drug-likeness (QED) is 0.890. The Hall–Kier alpha value is 0.0600. The average Bonchev–Trinajstić information content (AvgIpc) is 2.89. The predicted molar refractivity (Wildman–Crippen MR) is 86.7 cm³/mol. The first-order valence-corrected chi connectivity index (χ1v) is 8.56. The average molecular weight is 346 g/mol. The lowest BCUT2D eigenvalue weighted by Crippen LogP contribution is -2.43. The van der Waals surface area contributed by atoms with E-state index in [2.05, 4.69) is 58.2 Å². The van der Waals surface area contributed by atoms with Gasteiger partial charge in [-0.25, -0.2) is 0 Å². The fraction of sp³-hybridized carbons (Fsp3) is 0.714.